The molecule has 1 heterocycles. The molecule has 4 aromatic carbocycles. The zero-order valence-electron chi connectivity index (χ0n) is 18.9. The van der Waals surface area contributed by atoms with Crippen LogP contribution in [0.3, 0.4) is 0 Å². The number of carbonyl (C=O) groups is 2. The van der Waals surface area contributed by atoms with Crippen molar-refractivity contribution >= 4 is 73.1 Å². The largest absolute Gasteiger partial charge is 0.377 e. The summed E-state index contributed by atoms with van der Waals surface area (Å²) in [4.78, 5) is 27.1. The van der Waals surface area contributed by atoms with Crippen molar-refractivity contribution in [3.8, 4) is 5.75 Å². The molecule has 0 saturated carbocycles. The van der Waals surface area contributed by atoms with Crippen molar-refractivity contribution in [1.29, 1.82) is 0 Å². The highest BCUT2D eigenvalue weighted by atomic mass is 35.5. The van der Waals surface area contributed by atoms with Gasteiger partial charge < -0.3 is 4.18 Å². The lowest BCUT2D eigenvalue weighted by Crippen LogP contribution is -2.27. The number of hydrogen-bond donors (Lipinski definition) is 0. The van der Waals surface area contributed by atoms with Crippen LogP contribution in [0.25, 0.3) is 16.8 Å². The number of benzene rings is 4. The van der Waals surface area contributed by atoms with Crippen LogP contribution >= 0.6 is 35.0 Å². The summed E-state index contributed by atoms with van der Waals surface area (Å²) < 4.78 is 30.3. The number of amides is 2. The Morgan fingerprint density at radius 1 is 0.892 bits per heavy atom. The Labute approximate surface area is 227 Å². The van der Waals surface area contributed by atoms with Crippen LogP contribution in [0.1, 0.15) is 11.1 Å². The molecular formula is C27H17Cl2NO5S2. The average molecular weight is 570 g/mol. The second kappa shape index (κ2) is 10.2. The third-order valence-corrected chi connectivity index (χ3v) is 8.34. The molecule has 0 bridgehead atoms. The molecule has 6 nitrogen and oxygen atoms in total. The van der Waals surface area contributed by atoms with Crippen LogP contribution in [-0.2, 0) is 21.5 Å². The molecule has 4 aromatic rings. The molecule has 0 N–H and O–H groups in total. The topological polar surface area (TPSA) is 80.8 Å². The van der Waals surface area contributed by atoms with Crippen molar-refractivity contribution in [3.05, 3.63) is 111 Å². The Morgan fingerprint density at radius 2 is 1.62 bits per heavy atom. The maximum atomic E-state index is 13.1. The van der Waals surface area contributed by atoms with Crippen LogP contribution < -0.4 is 4.18 Å². The lowest BCUT2D eigenvalue weighted by Gasteiger charge is -2.14. The molecule has 1 saturated heterocycles. The van der Waals surface area contributed by atoms with E-state index in [2.05, 4.69) is 0 Å². The van der Waals surface area contributed by atoms with Crippen molar-refractivity contribution < 1.29 is 22.2 Å². The number of nitrogens with zero attached hydrogens (tertiary/aromatic N) is 1. The first-order chi connectivity index (χ1) is 17.7. The number of fused-ring (bicyclic) bond motifs is 1. The van der Waals surface area contributed by atoms with Crippen LogP contribution in [0.4, 0.5) is 4.79 Å². The highest BCUT2D eigenvalue weighted by molar-refractivity contribution is 8.18. The van der Waals surface area contributed by atoms with Crippen molar-refractivity contribution in [2.24, 2.45) is 0 Å². The molecule has 0 unspecified atom stereocenters. The number of halogens is 2. The summed E-state index contributed by atoms with van der Waals surface area (Å²) in [5.41, 5.74) is 1.38. The molecule has 1 aliphatic rings. The molecule has 0 aliphatic carbocycles. The zero-order chi connectivity index (χ0) is 26.2. The summed E-state index contributed by atoms with van der Waals surface area (Å²) in [6.07, 6.45) is 1.54. The summed E-state index contributed by atoms with van der Waals surface area (Å²) in [6.45, 7) is 0.152. The van der Waals surface area contributed by atoms with E-state index in [1.54, 1.807) is 6.07 Å². The zero-order valence-corrected chi connectivity index (χ0v) is 22.1. The van der Waals surface area contributed by atoms with Gasteiger partial charge in [0.15, 0.2) is 5.75 Å². The quantitative estimate of drug-likeness (QED) is 0.181. The summed E-state index contributed by atoms with van der Waals surface area (Å²) in [7, 11) is -4.12. The van der Waals surface area contributed by atoms with E-state index >= 15 is 0 Å². The fourth-order valence-electron chi connectivity index (χ4n) is 3.83. The van der Waals surface area contributed by atoms with E-state index in [1.807, 2.05) is 42.5 Å². The van der Waals surface area contributed by atoms with Gasteiger partial charge in [-0.25, -0.2) is 0 Å². The van der Waals surface area contributed by atoms with Gasteiger partial charge in [0.1, 0.15) is 4.90 Å². The van der Waals surface area contributed by atoms with Crippen LogP contribution in [0, 0.1) is 0 Å². The Balaban J connectivity index is 1.35. The van der Waals surface area contributed by atoms with Gasteiger partial charge in [-0.15, -0.1) is 0 Å². The fraction of sp³-hybridized carbons (Fsp3) is 0.0370. The van der Waals surface area contributed by atoms with Gasteiger partial charge in [-0.1, -0.05) is 71.7 Å². The molecule has 0 spiro atoms. The second-order valence-electron chi connectivity index (χ2n) is 8.09. The Morgan fingerprint density at radius 3 is 2.38 bits per heavy atom. The van der Waals surface area contributed by atoms with Crippen molar-refractivity contribution in [1.82, 2.24) is 4.90 Å². The maximum Gasteiger partial charge on any atom is 0.339 e. The fourth-order valence-corrected chi connectivity index (χ4v) is 6.02. The van der Waals surface area contributed by atoms with Crippen molar-refractivity contribution in [2.75, 3.05) is 0 Å². The number of imide groups is 1. The van der Waals surface area contributed by atoms with Crippen molar-refractivity contribution in [3.63, 3.8) is 0 Å². The highest BCUT2D eigenvalue weighted by Gasteiger charge is 2.35. The van der Waals surface area contributed by atoms with Gasteiger partial charge in [0.2, 0.25) is 0 Å². The average Bonchev–Trinajstić information content (AvgIpc) is 3.13. The van der Waals surface area contributed by atoms with Gasteiger partial charge in [0.25, 0.3) is 11.1 Å². The molecule has 1 fully saturated rings. The van der Waals surface area contributed by atoms with Gasteiger partial charge in [-0.2, -0.15) is 8.42 Å². The number of thioether (sulfide) groups is 1. The first kappa shape index (κ1) is 25.4. The molecule has 37 heavy (non-hydrogen) atoms. The van der Waals surface area contributed by atoms with E-state index in [4.69, 9.17) is 27.4 Å². The summed E-state index contributed by atoms with van der Waals surface area (Å²) in [5, 5.41) is 2.05. The van der Waals surface area contributed by atoms with Gasteiger partial charge >= 0.3 is 10.1 Å². The van der Waals surface area contributed by atoms with Gasteiger partial charge in [0, 0.05) is 5.02 Å². The minimum atomic E-state index is -4.12. The predicted octanol–water partition coefficient (Wildman–Crippen LogP) is 7.15. The standard InChI is InChI=1S/C27H17Cl2NO5S2/c28-20-9-11-21(12-10-20)37(33,34)35-24-13-8-17(14-23(24)29)15-25-26(31)30(27(32)36-25)16-19-6-3-5-18-4-1-2-7-22(18)19/h1-15H,16H2/b25-15-. The lowest BCUT2D eigenvalue weighted by molar-refractivity contribution is -0.123. The van der Waals surface area contributed by atoms with Gasteiger partial charge in [-0.05, 0) is 76.1 Å². The monoisotopic (exact) mass is 569 g/mol. The molecule has 5 rings (SSSR count). The van der Waals surface area contributed by atoms with E-state index in [-0.39, 0.29) is 32.4 Å². The van der Waals surface area contributed by atoms with E-state index in [0.29, 0.717) is 10.6 Å². The number of carbonyl (C=O) groups excluding carboxylic acids is 2. The van der Waals surface area contributed by atoms with Crippen LogP contribution in [0.5, 0.6) is 5.75 Å². The van der Waals surface area contributed by atoms with E-state index in [9.17, 15) is 18.0 Å². The normalized spacial score (nSPS) is 15.1. The first-order valence-corrected chi connectivity index (χ1v) is 13.9. The molecule has 0 atom stereocenters. The Bertz CT molecular complexity index is 1680. The SMILES string of the molecule is O=C1S/C(=C\c2ccc(OS(=O)(=O)c3ccc(Cl)cc3)c(Cl)c2)C(=O)N1Cc1cccc2ccccc12. The third kappa shape index (κ3) is 5.38. The van der Waals surface area contributed by atoms with Gasteiger partial charge in [-0.3, -0.25) is 14.5 Å². The van der Waals surface area contributed by atoms with Crippen molar-refractivity contribution in [2.45, 2.75) is 11.4 Å². The van der Waals surface area contributed by atoms with Crippen LogP contribution in [0.2, 0.25) is 10.0 Å². The molecule has 2 amide bonds. The summed E-state index contributed by atoms with van der Waals surface area (Å²) >= 11 is 12.9. The molecule has 0 aromatic heterocycles. The molecular weight excluding hydrogens is 553 g/mol. The first-order valence-electron chi connectivity index (χ1n) is 10.9. The maximum absolute atomic E-state index is 13.1. The second-order valence-corrected chi connectivity index (χ2v) is 11.5. The predicted molar refractivity (Wildman–Crippen MR) is 146 cm³/mol. The third-order valence-electron chi connectivity index (χ3n) is 5.64. The van der Waals surface area contributed by atoms with Gasteiger partial charge in [0.05, 0.1) is 16.5 Å². The van der Waals surface area contributed by atoms with E-state index in [0.717, 1.165) is 28.1 Å². The highest BCUT2D eigenvalue weighted by Crippen LogP contribution is 2.36. The lowest BCUT2D eigenvalue weighted by atomic mass is 10.0. The van der Waals surface area contributed by atoms with E-state index < -0.39 is 16.0 Å². The molecule has 1 aliphatic heterocycles. The number of rotatable bonds is 6. The summed E-state index contributed by atoms with van der Waals surface area (Å²) in [6, 6.07) is 23.5. The Hall–Kier alpha value is -3.30. The van der Waals surface area contributed by atoms with Crippen LogP contribution in [0.15, 0.2) is 94.7 Å². The molecule has 0 radical (unpaired) electrons. The minimum absolute atomic E-state index is 0.0290. The number of hydrogen-bond acceptors (Lipinski definition) is 6. The summed E-state index contributed by atoms with van der Waals surface area (Å²) in [5.74, 6) is -0.484. The minimum Gasteiger partial charge on any atom is -0.377 e. The van der Waals surface area contributed by atoms with E-state index in [1.165, 1.54) is 47.4 Å². The van der Waals surface area contributed by atoms with Crippen LogP contribution in [-0.4, -0.2) is 24.5 Å². The molecule has 186 valence electrons. The Kier molecular flexibility index (Phi) is 7.00. The molecule has 10 heteroatoms. The smallest absolute Gasteiger partial charge is 0.339 e.